The van der Waals surface area contributed by atoms with Gasteiger partial charge in [-0.15, -0.1) is 11.3 Å². The molecule has 0 spiro atoms. The van der Waals surface area contributed by atoms with Crippen LogP contribution in [0.2, 0.25) is 0 Å². The van der Waals surface area contributed by atoms with Crippen molar-refractivity contribution >= 4 is 29.3 Å². The van der Waals surface area contributed by atoms with Gasteiger partial charge in [-0.05, 0) is 54.3 Å². The fourth-order valence-electron chi connectivity index (χ4n) is 1.97. The minimum atomic E-state index is -2.88. The Kier molecular flexibility index (Phi) is 4.20. The predicted octanol–water partition coefficient (Wildman–Crippen LogP) is 4.00. The summed E-state index contributed by atoms with van der Waals surface area (Å²) in [5.74, 6) is -0.376. The molecule has 4 nitrogen and oxygen atoms in total. The molecule has 1 aromatic carbocycles. The second-order valence-corrected chi connectivity index (χ2v) is 5.65. The molecule has 0 N–H and O–H groups in total. The maximum Gasteiger partial charge on any atom is 0.387 e. The monoisotopic (exact) mass is 335 g/mol. The van der Waals surface area contributed by atoms with Gasteiger partial charge in [-0.1, -0.05) is 0 Å². The van der Waals surface area contributed by atoms with Crippen molar-refractivity contribution in [1.82, 2.24) is 0 Å². The van der Waals surface area contributed by atoms with Gasteiger partial charge in [0.05, 0.1) is 0 Å². The summed E-state index contributed by atoms with van der Waals surface area (Å²) in [6, 6.07) is 7.68. The van der Waals surface area contributed by atoms with Crippen LogP contribution in [0.3, 0.4) is 0 Å². The third-order valence-corrected chi connectivity index (χ3v) is 4.08. The van der Waals surface area contributed by atoms with E-state index in [2.05, 4.69) is 9.73 Å². The minimum Gasteiger partial charge on any atom is -0.435 e. The quantitative estimate of drug-likeness (QED) is 0.627. The number of benzene rings is 1. The number of rotatable bonds is 4. The maximum absolute atomic E-state index is 12.1. The van der Waals surface area contributed by atoms with Crippen molar-refractivity contribution in [3.63, 3.8) is 0 Å². The maximum atomic E-state index is 12.1. The molecule has 0 amide bonds. The van der Waals surface area contributed by atoms with Crippen molar-refractivity contribution in [3.05, 3.63) is 57.4 Å². The van der Waals surface area contributed by atoms with E-state index in [9.17, 15) is 13.6 Å². The number of thiophene rings is 1. The van der Waals surface area contributed by atoms with Crippen LogP contribution < -0.4 is 4.74 Å². The van der Waals surface area contributed by atoms with E-state index in [0.29, 0.717) is 5.56 Å². The van der Waals surface area contributed by atoms with Gasteiger partial charge < -0.3 is 9.47 Å². The highest BCUT2D eigenvalue weighted by atomic mass is 32.1. The van der Waals surface area contributed by atoms with Crippen molar-refractivity contribution in [2.45, 2.75) is 13.5 Å². The molecule has 7 heteroatoms. The smallest absolute Gasteiger partial charge is 0.387 e. The molecule has 0 atom stereocenters. The Balaban J connectivity index is 1.84. The van der Waals surface area contributed by atoms with Gasteiger partial charge in [-0.25, -0.2) is 9.79 Å². The summed E-state index contributed by atoms with van der Waals surface area (Å²) in [5, 5.41) is 1.92. The fourth-order valence-corrected chi connectivity index (χ4v) is 2.82. The molecule has 2 heterocycles. The zero-order valence-corrected chi connectivity index (χ0v) is 12.8. The van der Waals surface area contributed by atoms with Gasteiger partial charge in [0.1, 0.15) is 5.75 Å². The third kappa shape index (κ3) is 3.45. The number of aryl methyl sites for hydroxylation is 1. The number of hydrogen-bond donors (Lipinski definition) is 0. The molecule has 0 saturated carbocycles. The van der Waals surface area contributed by atoms with Crippen molar-refractivity contribution in [2.75, 3.05) is 0 Å². The van der Waals surface area contributed by atoms with E-state index >= 15 is 0 Å². The molecule has 0 saturated heterocycles. The summed E-state index contributed by atoms with van der Waals surface area (Å²) in [7, 11) is 0. The van der Waals surface area contributed by atoms with Gasteiger partial charge in [0.2, 0.25) is 5.90 Å². The van der Waals surface area contributed by atoms with E-state index in [1.165, 1.54) is 35.6 Å². The Morgan fingerprint density at radius 3 is 2.61 bits per heavy atom. The first-order valence-electron chi connectivity index (χ1n) is 6.65. The summed E-state index contributed by atoms with van der Waals surface area (Å²) in [4.78, 5) is 17.0. The third-order valence-electron chi connectivity index (χ3n) is 3.12. The van der Waals surface area contributed by atoms with Gasteiger partial charge in [0.25, 0.3) is 0 Å². The fraction of sp³-hybridized carbons (Fsp3) is 0.125. The lowest BCUT2D eigenvalue weighted by Crippen LogP contribution is -2.06. The average Bonchev–Trinajstić information content (AvgIpc) is 3.07. The SMILES string of the molecule is Cc1ccsc1/C=C1\N=C(c2ccc(OC(F)F)cc2)OC1=O. The number of aliphatic imine (C=N–C) groups is 1. The van der Waals surface area contributed by atoms with Crippen LogP contribution in [0, 0.1) is 6.92 Å². The number of alkyl halides is 2. The van der Waals surface area contributed by atoms with Gasteiger partial charge in [-0.2, -0.15) is 8.78 Å². The molecule has 0 fully saturated rings. The van der Waals surface area contributed by atoms with Crippen molar-refractivity contribution < 1.29 is 23.0 Å². The first kappa shape index (κ1) is 15.4. The number of halogens is 2. The van der Waals surface area contributed by atoms with Crippen LogP contribution in [0.4, 0.5) is 8.78 Å². The number of nitrogens with zero attached hydrogens (tertiary/aromatic N) is 1. The first-order chi connectivity index (χ1) is 11.0. The molecule has 1 aliphatic rings. The standard InChI is InChI=1S/C16H11F2NO3S/c1-9-6-7-23-13(9)8-12-15(20)22-14(19-12)10-2-4-11(5-3-10)21-16(17)18/h2-8,16H,1H3/b12-8-. The molecule has 0 unspecified atom stereocenters. The zero-order chi connectivity index (χ0) is 16.4. The summed E-state index contributed by atoms with van der Waals surface area (Å²) in [6.07, 6.45) is 1.67. The zero-order valence-electron chi connectivity index (χ0n) is 12.0. The Labute approximate surface area is 134 Å². The lowest BCUT2D eigenvalue weighted by molar-refractivity contribution is -0.129. The van der Waals surface area contributed by atoms with E-state index < -0.39 is 12.6 Å². The average molecular weight is 335 g/mol. The van der Waals surface area contributed by atoms with Crippen LogP contribution in [-0.4, -0.2) is 18.5 Å². The van der Waals surface area contributed by atoms with Gasteiger partial charge in [0.15, 0.2) is 5.70 Å². The topological polar surface area (TPSA) is 47.9 Å². The molecule has 1 aromatic heterocycles. The summed E-state index contributed by atoms with van der Waals surface area (Å²) in [5.41, 5.74) is 1.76. The highest BCUT2D eigenvalue weighted by Gasteiger charge is 2.24. The number of ether oxygens (including phenoxy) is 2. The molecule has 0 radical (unpaired) electrons. The molecule has 1 aliphatic heterocycles. The van der Waals surface area contributed by atoms with Crippen LogP contribution in [0.1, 0.15) is 16.0 Å². The van der Waals surface area contributed by atoms with E-state index in [1.807, 2.05) is 18.4 Å². The Hall–Kier alpha value is -2.54. The van der Waals surface area contributed by atoms with Crippen LogP contribution >= 0.6 is 11.3 Å². The van der Waals surface area contributed by atoms with Crippen LogP contribution in [-0.2, 0) is 9.53 Å². The molecule has 118 valence electrons. The van der Waals surface area contributed by atoms with Gasteiger partial charge in [0, 0.05) is 10.4 Å². The number of carbonyl (C=O) groups excluding carboxylic acids is 1. The van der Waals surface area contributed by atoms with Crippen LogP contribution in [0.25, 0.3) is 6.08 Å². The number of esters is 1. The van der Waals surface area contributed by atoms with Crippen molar-refractivity contribution in [1.29, 1.82) is 0 Å². The summed E-state index contributed by atoms with van der Waals surface area (Å²) < 4.78 is 33.6. The molecule has 0 aliphatic carbocycles. The molecule has 0 bridgehead atoms. The molecular weight excluding hydrogens is 324 g/mol. The molecular formula is C16H11F2NO3S. The first-order valence-corrected chi connectivity index (χ1v) is 7.53. The predicted molar refractivity (Wildman–Crippen MR) is 82.7 cm³/mol. The Morgan fingerprint density at radius 2 is 2.00 bits per heavy atom. The lowest BCUT2D eigenvalue weighted by atomic mass is 10.2. The van der Waals surface area contributed by atoms with E-state index in [-0.39, 0.29) is 17.3 Å². The minimum absolute atomic E-state index is 0.0265. The van der Waals surface area contributed by atoms with Crippen LogP contribution in [0.15, 0.2) is 46.4 Å². The highest BCUT2D eigenvalue weighted by molar-refractivity contribution is 7.11. The van der Waals surface area contributed by atoms with Gasteiger partial charge in [-0.3, -0.25) is 0 Å². The van der Waals surface area contributed by atoms with Crippen molar-refractivity contribution in [2.24, 2.45) is 4.99 Å². The number of cyclic esters (lactones) is 1. The Bertz CT molecular complexity index is 794. The molecule has 3 rings (SSSR count). The van der Waals surface area contributed by atoms with E-state index in [4.69, 9.17) is 4.74 Å². The van der Waals surface area contributed by atoms with Gasteiger partial charge >= 0.3 is 12.6 Å². The highest BCUT2D eigenvalue weighted by Crippen LogP contribution is 2.24. The second-order valence-electron chi connectivity index (χ2n) is 4.71. The van der Waals surface area contributed by atoms with E-state index in [1.54, 1.807) is 6.08 Å². The second kappa shape index (κ2) is 6.29. The lowest BCUT2D eigenvalue weighted by Gasteiger charge is -2.04. The number of carbonyl (C=O) groups is 1. The van der Waals surface area contributed by atoms with Crippen molar-refractivity contribution in [3.8, 4) is 5.75 Å². The largest absolute Gasteiger partial charge is 0.435 e. The normalized spacial score (nSPS) is 15.9. The summed E-state index contributed by atoms with van der Waals surface area (Å²) >= 11 is 1.50. The Morgan fingerprint density at radius 1 is 1.26 bits per heavy atom. The van der Waals surface area contributed by atoms with E-state index in [0.717, 1.165) is 10.4 Å². The molecule has 23 heavy (non-hydrogen) atoms. The van der Waals surface area contributed by atoms with Crippen LogP contribution in [0.5, 0.6) is 5.75 Å². The molecule has 2 aromatic rings. The number of hydrogen-bond acceptors (Lipinski definition) is 5. The summed E-state index contributed by atoms with van der Waals surface area (Å²) in [6.45, 7) is -0.943.